The molecule has 0 aliphatic carbocycles. The Kier molecular flexibility index (Phi) is 3.59. The van der Waals surface area contributed by atoms with Crippen molar-refractivity contribution in [2.45, 2.75) is 12.8 Å². The van der Waals surface area contributed by atoms with Gasteiger partial charge < -0.3 is 9.72 Å². The van der Waals surface area contributed by atoms with E-state index in [2.05, 4.69) is 9.72 Å². The highest BCUT2D eigenvalue weighted by molar-refractivity contribution is 6.42. The zero-order valence-corrected chi connectivity index (χ0v) is 10.1. The highest BCUT2D eigenvalue weighted by Crippen LogP contribution is 2.22. The van der Waals surface area contributed by atoms with Gasteiger partial charge in [0.25, 0.3) is 5.78 Å². The van der Waals surface area contributed by atoms with Crippen molar-refractivity contribution in [2.24, 2.45) is 0 Å². The first-order chi connectivity index (χ1) is 9.02. The molecule has 1 aromatic heterocycles. The fourth-order valence-electron chi connectivity index (χ4n) is 1.86. The Balaban J connectivity index is 2.45. The van der Waals surface area contributed by atoms with Gasteiger partial charge in [0.1, 0.15) is 0 Å². The second-order valence-corrected chi connectivity index (χ2v) is 4.00. The number of carbonyl (C=O) groups is 2. The van der Waals surface area contributed by atoms with E-state index in [1.807, 2.05) is 0 Å². The maximum atomic E-state index is 12.3. The molecule has 0 aliphatic heterocycles. The minimum absolute atomic E-state index is 0.123. The number of fused-ring (bicyclic) bond motifs is 1. The fraction of sp³-hybridized carbons (Fsp3) is 0.231. The summed E-state index contributed by atoms with van der Waals surface area (Å²) in [4.78, 5) is 25.8. The van der Waals surface area contributed by atoms with Crippen molar-refractivity contribution in [2.75, 3.05) is 7.11 Å². The lowest BCUT2D eigenvalue weighted by molar-refractivity contribution is -0.135. The van der Waals surface area contributed by atoms with Crippen LogP contribution in [-0.4, -0.2) is 30.3 Å². The molecule has 0 fully saturated rings. The molecular weight excluding hydrogens is 256 g/mol. The van der Waals surface area contributed by atoms with E-state index in [-0.39, 0.29) is 5.56 Å². The minimum Gasteiger partial charge on any atom is -0.463 e. The van der Waals surface area contributed by atoms with Crippen molar-refractivity contribution < 1.29 is 23.1 Å². The van der Waals surface area contributed by atoms with Gasteiger partial charge in [-0.25, -0.2) is 13.6 Å². The third kappa shape index (κ3) is 2.62. The summed E-state index contributed by atoms with van der Waals surface area (Å²) in [7, 11) is 1.11. The number of methoxy groups -OCH3 is 1. The SMILES string of the molecule is COC(=O)C(=O)c1c[nH]c2ccc(CC(F)F)cc12. The van der Waals surface area contributed by atoms with Crippen LogP contribution < -0.4 is 0 Å². The van der Waals surface area contributed by atoms with Gasteiger partial charge in [0.05, 0.1) is 12.7 Å². The molecular formula is C13H11F2NO3. The lowest BCUT2D eigenvalue weighted by atomic mass is 10.1. The summed E-state index contributed by atoms with van der Waals surface area (Å²) in [6.45, 7) is 0. The fourth-order valence-corrected chi connectivity index (χ4v) is 1.86. The number of ether oxygens (including phenoxy) is 1. The van der Waals surface area contributed by atoms with Crippen LogP contribution in [0.2, 0.25) is 0 Å². The number of alkyl halides is 2. The lowest BCUT2D eigenvalue weighted by Gasteiger charge is -2.02. The van der Waals surface area contributed by atoms with Gasteiger partial charge in [-0.3, -0.25) is 4.79 Å². The quantitative estimate of drug-likeness (QED) is 0.525. The Morgan fingerprint density at radius 2 is 2.11 bits per heavy atom. The summed E-state index contributed by atoms with van der Waals surface area (Å²) < 4.78 is 29.0. The number of aromatic amines is 1. The Morgan fingerprint density at radius 1 is 1.37 bits per heavy atom. The first-order valence-electron chi connectivity index (χ1n) is 5.53. The summed E-state index contributed by atoms with van der Waals surface area (Å²) in [5, 5.41) is 0.438. The van der Waals surface area contributed by atoms with Crippen LogP contribution in [0.4, 0.5) is 8.78 Å². The predicted octanol–water partition coefficient (Wildman–Crippen LogP) is 2.33. The van der Waals surface area contributed by atoms with Crippen molar-refractivity contribution in [1.82, 2.24) is 4.98 Å². The average molecular weight is 267 g/mol. The number of H-pyrrole nitrogens is 1. The maximum absolute atomic E-state index is 12.3. The lowest BCUT2D eigenvalue weighted by Crippen LogP contribution is -2.15. The summed E-state index contributed by atoms with van der Waals surface area (Å²) in [5.74, 6) is -1.79. The number of benzene rings is 1. The first kappa shape index (κ1) is 13.2. The molecule has 0 atom stereocenters. The van der Waals surface area contributed by atoms with Crippen LogP contribution in [0.25, 0.3) is 10.9 Å². The summed E-state index contributed by atoms with van der Waals surface area (Å²) >= 11 is 0. The molecule has 1 aromatic carbocycles. The largest absolute Gasteiger partial charge is 0.463 e. The smallest absolute Gasteiger partial charge is 0.379 e. The number of Topliss-reactive ketones (excluding diaryl/α,β-unsaturated/α-hetero) is 1. The molecule has 0 saturated carbocycles. The molecule has 0 radical (unpaired) electrons. The van der Waals surface area contributed by atoms with Crippen LogP contribution >= 0.6 is 0 Å². The van der Waals surface area contributed by atoms with Crippen molar-refractivity contribution >= 4 is 22.7 Å². The Bertz CT molecular complexity index is 634. The number of carbonyl (C=O) groups excluding carboxylic acids is 2. The molecule has 0 amide bonds. The summed E-state index contributed by atoms with van der Waals surface area (Å²) in [5.41, 5.74) is 1.13. The van der Waals surface area contributed by atoms with Gasteiger partial charge in [-0.05, 0) is 17.7 Å². The topological polar surface area (TPSA) is 59.2 Å². The molecule has 0 aliphatic rings. The number of ketones is 1. The van der Waals surface area contributed by atoms with Crippen LogP contribution in [0.5, 0.6) is 0 Å². The Labute approximate surface area is 107 Å². The summed E-state index contributed by atoms with van der Waals surface area (Å²) in [6.07, 6.45) is -1.49. The number of halogens is 2. The van der Waals surface area contributed by atoms with E-state index in [0.717, 1.165) is 7.11 Å². The molecule has 19 heavy (non-hydrogen) atoms. The van der Waals surface area contributed by atoms with Crippen molar-refractivity contribution in [1.29, 1.82) is 0 Å². The van der Waals surface area contributed by atoms with Crippen molar-refractivity contribution in [3.05, 3.63) is 35.5 Å². The predicted molar refractivity (Wildman–Crippen MR) is 64.4 cm³/mol. The van der Waals surface area contributed by atoms with Crippen LogP contribution in [0.3, 0.4) is 0 Å². The number of rotatable bonds is 4. The van der Waals surface area contributed by atoms with Gasteiger partial charge >= 0.3 is 5.97 Å². The monoisotopic (exact) mass is 267 g/mol. The average Bonchev–Trinajstić information content (AvgIpc) is 2.79. The number of aromatic nitrogens is 1. The number of esters is 1. The molecule has 2 rings (SSSR count). The van der Waals surface area contributed by atoms with Crippen molar-refractivity contribution in [3.8, 4) is 0 Å². The van der Waals surface area contributed by atoms with Crippen LogP contribution in [0, 0.1) is 0 Å². The Morgan fingerprint density at radius 3 is 2.74 bits per heavy atom. The van der Waals surface area contributed by atoms with Gasteiger partial charge in [0.2, 0.25) is 6.43 Å². The van der Waals surface area contributed by atoms with Crippen molar-refractivity contribution in [3.63, 3.8) is 0 Å². The van der Waals surface area contributed by atoms with E-state index in [1.54, 1.807) is 12.1 Å². The molecule has 0 unspecified atom stereocenters. The minimum atomic E-state index is -2.46. The molecule has 0 spiro atoms. The molecule has 2 aromatic rings. The third-order valence-electron chi connectivity index (χ3n) is 2.75. The molecule has 0 bridgehead atoms. The second kappa shape index (κ2) is 5.17. The van der Waals surface area contributed by atoms with Gasteiger partial charge in [0.15, 0.2) is 0 Å². The van der Waals surface area contributed by atoms with E-state index in [0.29, 0.717) is 16.5 Å². The van der Waals surface area contributed by atoms with Crippen LogP contribution in [-0.2, 0) is 16.0 Å². The molecule has 4 nitrogen and oxygen atoms in total. The van der Waals surface area contributed by atoms with Gasteiger partial charge in [-0.15, -0.1) is 0 Å². The maximum Gasteiger partial charge on any atom is 0.379 e. The molecule has 6 heteroatoms. The molecule has 1 N–H and O–H groups in total. The highest BCUT2D eigenvalue weighted by atomic mass is 19.3. The number of hydrogen-bond donors (Lipinski definition) is 1. The van der Waals surface area contributed by atoms with Gasteiger partial charge in [0, 0.05) is 23.5 Å². The summed E-state index contributed by atoms with van der Waals surface area (Å²) in [6, 6.07) is 4.63. The van der Waals surface area contributed by atoms with Crippen LogP contribution in [0.15, 0.2) is 24.4 Å². The van der Waals surface area contributed by atoms with E-state index in [9.17, 15) is 18.4 Å². The normalized spacial score (nSPS) is 10.9. The van der Waals surface area contributed by atoms with E-state index < -0.39 is 24.6 Å². The zero-order valence-electron chi connectivity index (χ0n) is 10.1. The number of nitrogens with one attached hydrogen (secondary N) is 1. The van der Waals surface area contributed by atoms with E-state index in [1.165, 1.54) is 12.3 Å². The standard InChI is InChI=1S/C13H11F2NO3/c1-19-13(18)12(17)9-6-16-10-3-2-7(4-8(9)10)5-11(14)15/h2-4,6,11,16H,5H2,1H3. The molecule has 1 heterocycles. The van der Waals surface area contributed by atoms with E-state index >= 15 is 0 Å². The third-order valence-corrected chi connectivity index (χ3v) is 2.75. The van der Waals surface area contributed by atoms with Gasteiger partial charge in [-0.2, -0.15) is 0 Å². The van der Waals surface area contributed by atoms with Crippen LogP contribution in [0.1, 0.15) is 15.9 Å². The zero-order chi connectivity index (χ0) is 14.0. The van der Waals surface area contributed by atoms with Gasteiger partial charge in [-0.1, -0.05) is 6.07 Å². The van der Waals surface area contributed by atoms with E-state index in [4.69, 9.17) is 0 Å². The highest BCUT2D eigenvalue weighted by Gasteiger charge is 2.20. The molecule has 100 valence electrons. The Hall–Kier alpha value is -2.24. The second-order valence-electron chi connectivity index (χ2n) is 4.00. The molecule has 0 saturated heterocycles. The number of hydrogen-bond acceptors (Lipinski definition) is 3. The first-order valence-corrected chi connectivity index (χ1v) is 5.53.